The Morgan fingerprint density at radius 3 is 2.56 bits per heavy atom. The van der Waals surface area contributed by atoms with Gasteiger partial charge in [0.2, 0.25) is 0 Å². The first kappa shape index (κ1) is 20.7. The number of hydrogen-bond acceptors (Lipinski definition) is 7. The Bertz CT molecular complexity index is 1730. The molecule has 1 fully saturated rings. The maximum absolute atomic E-state index is 13.5. The van der Waals surface area contributed by atoms with Crippen LogP contribution >= 0.6 is 0 Å². The van der Waals surface area contributed by atoms with Gasteiger partial charge in [-0.25, -0.2) is 9.37 Å². The predicted molar refractivity (Wildman–Crippen MR) is 136 cm³/mol. The van der Waals surface area contributed by atoms with E-state index in [1.54, 1.807) is 43.1 Å². The number of anilines is 1. The fourth-order valence-corrected chi connectivity index (χ4v) is 4.63. The van der Waals surface area contributed by atoms with E-state index in [4.69, 9.17) is 10.7 Å². The van der Waals surface area contributed by atoms with Crippen LogP contribution in [0.25, 0.3) is 55.7 Å². The second-order valence-electron chi connectivity index (χ2n) is 8.95. The first-order valence-electron chi connectivity index (χ1n) is 11.5. The van der Waals surface area contributed by atoms with Crippen molar-refractivity contribution in [3.63, 3.8) is 0 Å². The Balaban J connectivity index is 1.30. The molecular weight excluding hydrogens is 457 g/mol. The van der Waals surface area contributed by atoms with Gasteiger partial charge in [-0.15, -0.1) is 0 Å². The minimum atomic E-state index is -0.273. The lowest BCUT2D eigenvalue weighted by Gasteiger charge is -2.37. The largest absolute Gasteiger partial charge is 0.352 e. The van der Waals surface area contributed by atoms with Gasteiger partial charge in [0, 0.05) is 41.7 Å². The van der Waals surface area contributed by atoms with Gasteiger partial charge in [0.1, 0.15) is 23.0 Å². The van der Waals surface area contributed by atoms with Crippen molar-refractivity contribution >= 4 is 27.6 Å². The molecule has 1 aliphatic rings. The monoisotopic (exact) mass is 477 g/mol. The van der Waals surface area contributed by atoms with Crippen LogP contribution in [0.2, 0.25) is 0 Å². The van der Waals surface area contributed by atoms with E-state index < -0.39 is 0 Å². The predicted octanol–water partition coefficient (Wildman–Crippen LogP) is 3.91. The number of H-pyrrole nitrogens is 2. The summed E-state index contributed by atoms with van der Waals surface area (Å²) in [4.78, 5) is 23.6. The standard InChI is InChI=1S/C26H20FN9/c27-15-3-1-14(2-4-15)19-7-29-8-22-17(19)5-21(32-22)26-18-6-20(31-10-23(18)34-35-26)24-9-30-11-25(33-24)36-12-16(28)13-36/h1-11,16,32H,12-13,28H2,(H,34,35). The Morgan fingerprint density at radius 1 is 0.889 bits per heavy atom. The molecule has 0 unspecified atom stereocenters. The van der Waals surface area contributed by atoms with Crippen molar-refractivity contribution < 1.29 is 4.39 Å². The van der Waals surface area contributed by atoms with Crippen LogP contribution in [-0.4, -0.2) is 54.2 Å². The number of pyridine rings is 2. The molecule has 4 N–H and O–H groups in total. The summed E-state index contributed by atoms with van der Waals surface area (Å²) in [6.45, 7) is 1.54. The fourth-order valence-electron chi connectivity index (χ4n) is 4.63. The fraction of sp³-hybridized carbons (Fsp3) is 0.115. The molecule has 0 saturated carbocycles. The molecule has 0 atom stereocenters. The van der Waals surface area contributed by atoms with Gasteiger partial charge >= 0.3 is 0 Å². The molecule has 10 heteroatoms. The highest BCUT2D eigenvalue weighted by Crippen LogP contribution is 2.34. The molecule has 1 aliphatic heterocycles. The topological polar surface area (TPSA) is 125 Å². The van der Waals surface area contributed by atoms with E-state index in [1.165, 1.54) is 12.1 Å². The SMILES string of the molecule is NC1CN(c2cncc(-c3cc4c(-c5cc6c(-c7ccc(F)cc7)cncc6[nH]5)n[nH]c4cn3)n2)C1. The Morgan fingerprint density at radius 2 is 1.72 bits per heavy atom. The first-order chi connectivity index (χ1) is 17.6. The van der Waals surface area contributed by atoms with Gasteiger partial charge in [0.15, 0.2) is 0 Å². The number of aromatic amines is 2. The summed E-state index contributed by atoms with van der Waals surface area (Å²) in [6, 6.07) is 10.6. The lowest BCUT2D eigenvalue weighted by atomic mass is 10.0. The smallest absolute Gasteiger partial charge is 0.147 e. The highest BCUT2D eigenvalue weighted by molar-refractivity contribution is 6.01. The summed E-state index contributed by atoms with van der Waals surface area (Å²) in [6.07, 6.45) is 8.77. The van der Waals surface area contributed by atoms with Crippen LogP contribution in [0.15, 0.2) is 67.4 Å². The highest BCUT2D eigenvalue weighted by atomic mass is 19.1. The minimum Gasteiger partial charge on any atom is -0.352 e. The summed E-state index contributed by atoms with van der Waals surface area (Å²) in [5, 5.41) is 9.51. The zero-order valence-corrected chi connectivity index (χ0v) is 19.0. The van der Waals surface area contributed by atoms with E-state index in [9.17, 15) is 4.39 Å². The number of nitrogens with zero attached hydrogens (tertiary/aromatic N) is 6. The quantitative estimate of drug-likeness (QED) is 0.351. The molecule has 1 aromatic carbocycles. The lowest BCUT2D eigenvalue weighted by molar-refractivity contribution is 0.514. The molecule has 0 bridgehead atoms. The summed E-state index contributed by atoms with van der Waals surface area (Å²) >= 11 is 0. The number of nitrogens with two attached hydrogens (primary N) is 1. The van der Waals surface area contributed by atoms with Gasteiger partial charge in [-0.1, -0.05) is 12.1 Å². The van der Waals surface area contributed by atoms with Gasteiger partial charge in [-0.2, -0.15) is 5.10 Å². The molecule has 7 rings (SSSR count). The van der Waals surface area contributed by atoms with Crippen molar-refractivity contribution in [1.82, 2.24) is 35.1 Å². The molecular formula is C26H20FN9. The normalized spacial score (nSPS) is 14.0. The molecule has 0 amide bonds. The van der Waals surface area contributed by atoms with Crippen LogP contribution in [0.4, 0.5) is 10.2 Å². The van der Waals surface area contributed by atoms with Crippen LogP contribution in [0.5, 0.6) is 0 Å². The van der Waals surface area contributed by atoms with Gasteiger partial charge in [-0.05, 0) is 29.8 Å². The van der Waals surface area contributed by atoms with Gasteiger partial charge in [0.05, 0.1) is 47.2 Å². The van der Waals surface area contributed by atoms with Crippen LogP contribution in [0.3, 0.4) is 0 Å². The van der Waals surface area contributed by atoms with E-state index in [2.05, 4.69) is 35.0 Å². The second-order valence-corrected chi connectivity index (χ2v) is 8.95. The molecule has 1 saturated heterocycles. The number of rotatable bonds is 4. The second kappa shape index (κ2) is 7.92. The summed E-state index contributed by atoms with van der Waals surface area (Å²) in [7, 11) is 0. The number of nitrogens with one attached hydrogen (secondary N) is 2. The molecule has 9 nitrogen and oxygen atoms in total. The highest BCUT2D eigenvalue weighted by Gasteiger charge is 2.25. The number of fused-ring (bicyclic) bond motifs is 2. The summed E-state index contributed by atoms with van der Waals surface area (Å²) in [5.74, 6) is 0.518. The van der Waals surface area contributed by atoms with E-state index in [0.29, 0.717) is 11.4 Å². The maximum Gasteiger partial charge on any atom is 0.147 e. The zero-order valence-electron chi connectivity index (χ0n) is 19.0. The summed E-state index contributed by atoms with van der Waals surface area (Å²) < 4.78 is 13.5. The molecule has 36 heavy (non-hydrogen) atoms. The maximum atomic E-state index is 13.5. The van der Waals surface area contributed by atoms with Crippen molar-refractivity contribution in [3.05, 3.63) is 73.2 Å². The van der Waals surface area contributed by atoms with Crippen LogP contribution in [0.1, 0.15) is 0 Å². The number of benzene rings is 1. The van der Waals surface area contributed by atoms with Crippen molar-refractivity contribution in [2.45, 2.75) is 6.04 Å². The van der Waals surface area contributed by atoms with E-state index in [0.717, 1.165) is 63.2 Å². The van der Waals surface area contributed by atoms with E-state index >= 15 is 0 Å². The number of halogens is 1. The average molecular weight is 478 g/mol. The zero-order chi connectivity index (χ0) is 24.2. The van der Waals surface area contributed by atoms with Gasteiger partial charge in [0.25, 0.3) is 0 Å². The molecule has 5 aromatic heterocycles. The Hall–Kier alpha value is -4.70. The molecule has 0 radical (unpaired) electrons. The number of hydrogen-bond donors (Lipinski definition) is 3. The third-order valence-corrected chi connectivity index (χ3v) is 6.52. The molecule has 0 spiro atoms. The van der Waals surface area contributed by atoms with E-state index in [-0.39, 0.29) is 11.9 Å². The van der Waals surface area contributed by atoms with Crippen LogP contribution < -0.4 is 10.6 Å². The van der Waals surface area contributed by atoms with E-state index in [1.807, 2.05) is 12.1 Å². The van der Waals surface area contributed by atoms with Crippen LogP contribution in [-0.2, 0) is 0 Å². The Kier molecular flexibility index (Phi) is 4.55. The third-order valence-electron chi connectivity index (χ3n) is 6.52. The molecule has 0 aliphatic carbocycles. The molecule has 6 aromatic rings. The number of aromatic nitrogens is 7. The summed E-state index contributed by atoms with van der Waals surface area (Å²) in [5.41, 5.74) is 12.4. The Labute approximate surface area is 204 Å². The van der Waals surface area contributed by atoms with Crippen molar-refractivity contribution in [2.75, 3.05) is 18.0 Å². The first-order valence-corrected chi connectivity index (χ1v) is 11.5. The van der Waals surface area contributed by atoms with Crippen molar-refractivity contribution in [2.24, 2.45) is 5.73 Å². The lowest BCUT2D eigenvalue weighted by Crippen LogP contribution is -2.56. The van der Waals surface area contributed by atoms with Crippen LogP contribution in [0, 0.1) is 5.82 Å². The van der Waals surface area contributed by atoms with Gasteiger partial charge in [-0.3, -0.25) is 20.1 Å². The van der Waals surface area contributed by atoms with Gasteiger partial charge < -0.3 is 15.6 Å². The average Bonchev–Trinajstić information content (AvgIpc) is 3.51. The molecule has 176 valence electrons. The third kappa shape index (κ3) is 3.38. The molecule has 6 heterocycles. The van der Waals surface area contributed by atoms with Crippen molar-refractivity contribution in [3.8, 4) is 33.9 Å². The minimum absolute atomic E-state index is 0.175. The van der Waals surface area contributed by atoms with Crippen molar-refractivity contribution in [1.29, 1.82) is 0 Å².